The molecule has 0 spiro atoms. The molecule has 1 aromatic carbocycles. The van der Waals surface area contributed by atoms with E-state index in [2.05, 4.69) is 4.98 Å². The maximum Gasteiger partial charge on any atom is 0.261 e. The van der Waals surface area contributed by atoms with Gasteiger partial charge in [0.2, 0.25) is 5.91 Å². The monoisotopic (exact) mass is 375 g/mol. The van der Waals surface area contributed by atoms with Gasteiger partial charge < -0.3 is 9.64 Å². The van der Waals surface area contributed by atoms with Crippen molar-refractivity contribution in [3.05, 3.63) is 63.1 Å². The number of halogens is 1. The lowest BCUT2D eigenvalue weighted by molar-refractivity contribution is -0.133. The van der Waals surface area contributed by atoms with E-state index in [0.717, 1.165) is 10.9 Å². The fourth-order valence-electron chi connectivity index (χ4n) is 2.57. The molecule has 1 amide bonds. The molecule has 0 radical (unpaired) electrons. The van der Waals surface area contributed by atoms with Crippen molar-refractivity contribution in [1.82, 2.24) is 14.5 Å². The highest BCUT2D eigenvalue weighted by molar-refractivity contribution is 7.09. The standard InChI is InChI=1S/C18H18FN3O3S/c1-25-7-6-21(10-14-3-2-8-26-14)17(23)11-22-12-20-16-5-4-13(19)9-15(16)18(22)24/h2-5,8-9,12H,6-7,10-11H2,1H3. The molecular weight excluding hydrogens is 357 g/mol. The van der Waals surface area contributed by atoms with Crippen molar-refractivity contribution in [2.24, 2.45) is 0 Å². The predicted octanol–water partition coefficient (Wildman–Crippen LogP) is 2.27. The average Bonchev–Trinajstić information content (AvgIpc) is 3.14. The van der Waals surface area contributed by atoms with E-state index in [1.165, 1.54) is 23.0 Å². The lowest BCUT2D eigenvalue weighted by Gasteiger charge is -2.22. The van der Waals surface area contributed by atoms with Crippen LogP contribution >= 0.6 is 11.3 Å². The van der Waals surface area contributed by atoms with Crippen molar-refractivity contribution in [3.8, 4) is 0 Å². The highest BCUT2D eigenvalue weighted by atomic mass is 32.1. The molecule has 2 aromatic heterocycles. The second-order valence-corrected chi connectivity index (χ2v) is 6.76. The number of nitrogens with zero attached hydrogens (tertiary/aromatic N) is 3. The number of thiophene rings is 1. The lowest BCUT2D eigenvalue weighted by atomic mass is 10.2. The second kappa shape index (κ2) is 8.20. The smallest absolute Gasteiger partial charge is 0.261 e. The SMILES string of the molecule is COCCN(Cc1cccs1)C(=O)Cn1cnc2ccc(F)cc2c1=O. The molecule has 0 aliphatic heterocycles. The summed E-state index contributed by atoms with van der Waals surface area (Å²) in [5.41, 5.74) is -0.0411. The van der Waals surface area contributed by atoms with Crippen LogP contribution in [0.2, 0.25) is 0 Å². The van der Waals surface area contributed by atoms with Gasteiger partial charge in [-0.25, -0.2) is 9.37 Å². The molecule has 0 aliphatic carbocycles. The van der Waals surface area contributed by atoms with E-state index in [-0.39, 0.29) is 17.8 Å². The molecular formula is C18H18FN3O3S. The van der Waals surface area contributed by atoms with Gasteiger partial charge in [0.15, 0.2) is 0 Å². The molecule has 0 unspecified atom stereocenters. The third-order valence-electron chi connectivity index (χ3n) is 3.94. The normalized spacial score (nSPS) is 11.0. The molecule has 0 bridgehead atoms. The van der Waals surface area contributed by atoms with Crippen molar-refractivity contribution >= 4 is 28.1 Å². The van der Waals surface area contributed by atoms with E-state index in [1.807, 2.05) is 17.5 Å². The van der Waals surface area contributed by atoms with Gasteiger partial charge in [0.1, 0.15) is 12.4 Å². The number of rotatable bonds is 7. The summed E-state index contributed by atoms with van der Waals surface area (Å²) in [6, 6.07) is 7.70. The Balaban J connectivity index is 1.83. The van der Waals surface area contributed by atoms with E-state index in [0.29, 0.717) is 25.2 Å². The zero-order chi connectivity index (χ0) is 18.5. The second-order valence-electron chi connectivity index (χ2n) is 5.73. The Morgan fingerprint density at radius 2 is 2.23 bits per heavy atom. The summed E-state index contributed by atoms with van der Waals surface area (Å²) in [6.07, 6.45) is 1.32. The maximum absolute atomic E-state index is 13.4. The molecule has 136 valence electrons. The van der Waals surface area contributed by atoms with E-state index >= 15 is 0 Å². The van der Waals surface area contributed by atoms with Crippen molar-refractivity contribution < 1.29 is 13.9 Å². The van der Waals surface area contributed by atoms with Gasteiger partial charge in [-0.2, -0.15) is 0 Å². The number of hydrogen-bond acceptors (Lipinski definition) is 5. The number of amides is 1. The summed E-state index contributed by atoms with van der Waals surface area (Å²) in [6.45, 7) is 1.10. The Hall–Kier alpha value is -2.58. The number of benzene rings is 1. The molecule has 0 saturated heterocycles. The Bertz CT molecular complexity index is 956. The molecule has 0 saturated carbocycles. The molecule has 0 N–H and O–H groups in total. The molecule has 0 atom stereocenters. The minimum atomic E-state index is -0.514. The Morgan fingerprint density at radius 1 is 1.38 bits per heavy atom. The minimum Gasteiger partial charge on any atom is -0.383 e. The quantitative estimate of drug-likeness (QED) is 0.636. The van der Waals surface area contributed by atoms with Crippen LogP contribution < -0.4 is 5.56 Å². The molecule has 8 heteroatoms. The topological polar surface area (TPSA) is 64.4 Å². The molecule has 6 nitrogen and oxygen atoms in total. The molecule has 3 aromatic rings. The Labute approximate surface area is 153 Å². The first-order valence-electron chi connectivity index (χ1n) is 8.02. The number of carbonyl (C=O) groups excluding carboxylic acids is 1. The molecule has 3 rings (SSSR count). The van der Waals surface area contributed by atoms with E-state index in [4.69, 9.17) is 4.74 Å². The number of hydrogen-bond donors (Lipinski definition) is 0. The van der Waals surface area contributed by atoms with Crippen LogP contribution in [-0.2, 0) is 22.6 Å². The third kappa shape index (κ3) is 4.14. The number of aromatic nitrogens is 2. The summed E-state index contributed by atoms with van der Waals surface area (Å²) < 4.78 is 19.7. The number of carbonyl (C=O) groups is 1. The zero-order valence-electron chi connectivity index (χ0n) is 14.2. The van der Waals surface area contributed by atoms with Crippen LogP contribution in [0.15, 0.2) is 46.8 Å². The van der Waals surface area contributed by atoms with Crippen LogP contribution in [-0.4, -0.2) is 40.6 Å². The predicted molar refractivity (Wildman–Crippen MR) is 97.6 cm³/mol. The fourth-order valence-corrected chi connectivity index (χ4v) is 3.29. The molecule has 2 heterocycles. The number of ether oxygens (including phenoxy) is 1. The Kier molecular flexibility index (Phi) is 5.75. The van der Waals surface area contributed by atoms with Gasteiger partial charge in [0, 0.05) is 18.5 Å². The van der Waals surface area contributed by atoms with Gasteiger partial charge in [-0.3, -0.25) is 14.2 Å². The van der Waals surface area contributed by atoms with Crippen molar-refractivity contribution in [2.45, 2.75) is 13.1 Å². The van der Waals surface area contributed by atoms with Crippen molar-refractivity contribution in [1.29, 1.82) is 0 Å². The van der Waals surface area contributed by atoms with Gasteiger partial charge in [-0.1, -0.05) is 6.07 Å². The maximum atomic E-state index is 13.4. The minimum absolute atomic E-state index is 0.155. The highest BCUT2D eigenvalue weighted by Crippen LogP contribution is 2.13. The summed E-state index contributed by atoms with van der Waals surface area (Å²) in [7, 11) is 1.57. The average molecular weight is 375 g/mol. The van der Waals surface area contributed by atoms with Crippen LogP contribution in [0, 0.1) is 5.82 Å². The van der Waals surface area contributed by atoms with Gasteiger partial charge in [-0.05, 0) is 29.6 Å². The van der Waals surface area contributed by atoms with Gasteiger partial charge >= 0.3 is 0 Å². The molecule has 26 heavy (non-hydrogen) atoms. The summed E-state index contributed by atoms with van der Waals surface area (Å²) in [4.78, 5) is 32.1. The Morgan fingerprint density at radius 3 is 2.96 bits per heavy atom. The van der Waals surface area contributed by atoms with E-state index < -0.39 is 11.4 Å². The van der Waals surface area contributed by atoms with Crippen molar-refractivity contribution in [2.75, 3.05) is 20.3 Å². The highest BCUT2D eigenvalue weighted by Gasteiger charge is 2.16. The number of fused-ring (bicyclic) bond motifs is 1. The zero-order valence-corrected chi connectivity index (χ0v) is 15.0. The lowest BCUT2D eigenvalue weighted by Crippen LogP contribution is -2.38. The molecule has 0 fully saturated rings. The van der Waals surface area contributed by atoms with E-state index in [9.17, 15) is 14.0 Å². The van der Waals surface area contributed by atoms with Gasteiger partial charge in [0.25, 0.3) is 5.56 Å². The molecule has 0 aliphatic rings. The van der Waals surface area contributed by atoms with Crippen LogP contribution in [0.25, 0.3) is 10.9 Å². The first-order chi connectivity index (χ1) is 12.6. The first-order valence-corrected chi connectivity index (χ1v) is 8.90. The van der Waals surface area contributed by atoms with Crippen LogP contribution in [0.4, 0.5) is 4.39 Å². The fraction of sp³-hybridized carbons (Fsp3) is 0.278. The van der Waals surface area contributed by atoms with Crippen LogP contribution in [0.1, 0.15) is 4.88 Å². The third-order valence-corrected chi connectivity index (χ3v) is 4.80. The van der Waals surface area contributed by atoms with Gasteiger partial charge in [0.05, 0.1) is 30.4 Å². The summed E-state index contributed by atoms with van der Waals surface area (Å²) in [5.74, 6) is -0.741. The summed E-state index contributed by atoms with van der Waals surface area (Å²) in [5, 5.41) is 2.10. The summed E-state index contributed by atoms with van der Waals surface area (Å²) >= 11 is 1.56. The first kappa shape index (κ1) is 18.2. The van der Waals surface area contributed by atoms with Crippen LogP contribution in [0.3, 0.4) is 0 Å². The van der Waals surface area contributed by atoms with Gasteiger partial charge in [-0.15, -0.1) is 11.3 Å². The number of methoxy groups -OCH3 is 1. The van der Waals surface area contributed by atoms with Crippen LogP contribution in [0.5, 0.6) is 0 Å². The van der Waals surface area contributed by atoms with E-state index in [1.54, 1.807) is 23.3 Å². The largest absolute Gasteiger partial charge is 0.383 e. The van der Waals surface area contributed by atoms with Crippen molar-refractivity contribution in [3.63, 3.8) is 0 Å².